The van der Waals surface area contributed by atoms with Crippen LogP contribution in [0.5, 0.6) is 0 Å². The third-order valence-electron chi connectivity index (χ3n) is 4.09. The van der Waals surface area contributed by atoms with Crippen molar-refractivity contribution in [2.24, 2.45) is 0 Å². The molecule has 0 radical (unpaired) electrons. The lowest BCUT2D eigenvalue weighted by molar-refractivity contribution is -0.137. The molecule has 4 rings (SSSR count). The molecular weight excluding hydrogens is 390 g/mol. The van der Waals surface area contributed by atoms with E-state index in [2.05, 4.69) is 15.2 Å². The minimum atomic E-state index is -4.58. The van der Waals surface area contributed by atoms with Gasteiger partial charge in [0.15, 0.2) is 5.69 Å². The summed E-state index contributed by atoms with van der Waals surface area (Å²) in [4.78, 5) is 16.0. The molecule has 0 saturated heterocycles. The van der Waals surface area contributed by atoms with Crippen molar-refractivity contribution in [3.63, 3.8) is 0 Å². The van der Waals surface area contributed by atoms with E-state index in [9.17, 15) is 22.4 Å². The molecule has 0 aliphatic rings. The first-order chi connectivity index (χ1) is 13.8. The first-order valence-electron chi connectivity index (χ1n) is 8.26. The predicted molar refractivity (Wildman–Crippen MR) is 95.1 cm³/mol. The largest absolute Gasteiger partial charge is 0.417 e. The van der Waals surface area contributed by atoms with Crippen LogP contribution in [-0.2, 0) is 6.18 Å². The zero-order valence-corrected chi connectivity index (χ0v) is 14.5. The number of hydrogen-bond donors (Lipinski definition) is 0. The molecule has 3 heterocycles. The van der Waals surface area contributed by atoms with Crippen LogP contribution in [0.2, 0.25) is 0 Å². The molecule has 10 heteroatoms. The summed E-state index contributed by atoms with van der Waals surface area (Å²) in [5.74, 6) is -0.559. The number of benzene rings is 1. The van der Waals surface area contributed by atoms with Crippen LogP contribution in [0.4, 0.5) is 17.6 Å². The standard InChI is InChI=1S/C19H11F4N5O/c20-14-3-1-2-4-15(14)28-16(5-7-25-28)18-17(29)6-8-27(26-18)13-9-12(10-24-11-13)19(21,22)23/h1-11H. The molecule has 0 fully saturated rings. The Kier molecular flexibility index (Phi) is 4.45. The van der Waals surface area contributed by atoms with Crippen molar-refractivity contribution in [1.82, 2.24) is 24.5 Å². The molecule has 4 aromatic rings. The van der Waals surface area contributed by atoms with Crippen LogP contribution in [-0.4, -0.2) is 24.5 Å². The molecule has 0 aliphatic heterocycles. The molecule has 0 spiro atoms. The number of aromatic nitrogens is 5. The number of hydrogen-bond acceptors (Lipinski definition) is 4. The maximum atomic E-state index is 14.2. The van der Waals surface area contributed by atoms with Crippen LogP contribution in [0.25, 0.3) is 22.8 Å². The van der Waals surface area contributed by atoms with E-state index in [1.165, 1.54) is 47.5 Å². The van der Waals surface area contributed by atoms with Gasteiger partial charge >= 0.3 is 6.18 Å². The molecule has 146 valence electrons. The van der Waals surface area contributed by atoms with Gasteiger partial charge in [0.25, 0.3) is 0 Å². The van der Waals surface area contributed by atoms with Gasteiger partial charge in [-0.3, -0.25) is 9.78 Å². The normalized spacial score (nSPS) is 11.6. The number of nitrogens with zero attached hydrogens (tertiary/aromatic N) is 5. The minimum absolute atomic E-state index is 0.0121. The quantitative estimate of drug-likeness (QED) is 0.492. The number of pyridine rings is 1. The third-order valence-corrected chi connectivity index (χ3v) is 4.09. The summed E-state index contributed by atoms with van der Waals surface area (Å²) in [7, 11) is 0. The molecule has 0 amide bonds. The van der Waals surface area contributed by atoms with Gasteiger partial charge in [0.2, 0.25) is 5.43 Å². The van der Waals surface area contributed by atoms with Gasteiger partial charge in [-0.05, 0) is 24.3 Å². The Morgan fingerprint density at radius 1 is 1.00 bits per heavy atom. The van der Waals surface area contributed by atoms with Crippen molar-refractivity contribution in [2.45, 2.75) is 6.18 Å². The van der Waals surface area contributed by atoms with Crippen molar-refractivity contribution < 1.29 is 17.6 Å². The highest BCUT2D eigenvalue weighted by Crippen LogP contribution is 2.29. The van der Waals surface area contributed by atoms with E-state index < -0.39 is 23.0 Å². The summed E-state index contributed by atoms with van der Waals surface area (Å²) >= 11 is 0. The van der Waals surface area contributed by atoms with Gasteiger partial charge in [-0.2, -0.15) is 23.4 Å². The summed E-state index contributed by atoms with van der Waals surface area (Å²) in [5, 5.41) is 8.18. The van der Waals surface area contributed by atoms with Crippen molar-refractivity contribution in [3.05, 3.63) is 88.9 Å². The molecule has 6 nitrogen and oxygen atoms in total. The summed E-state index contributed by atoms with van der Waals surface area (Å²) in [6.45, 7) is 0. The Bertz CT molecular complexity index is 1250. The molecule has 0 saturated carbocycles. The summed E-state index contributed by atoms with van der Waals surface area (Å²) < 4.78 is 55.4. The zero-order valence-electron chi connectivity index (χ0n) is 14.5. The molecule has 3 aromatic heterocycles. The maximum absolute atomic E-state index is 14.2. The number of rotatable bonds is 3. The first kappa shape index (κ1) is 18.5. The van der Waals surface area contributed by atoms with Gasteiger partial charge in [-0.15, -0.1) is 0 Å². The van der Waals surface area contributed by atoms with Crippen LogP contribution in [0.3, 0.4) is 0 Å². The Hall–Kier alpha value is -3.82. The van der Waals surface area contributed by atoms with Crippen molar-refractivity contribution in [3.8, 4) is 22.8 Å². The molecule has 0 bridgehead atoms. The fourth-order valence-corrected chi connectivity index (χ4v) is 2.74. The number of para-hydroxylation sites is 1. The zero-order chi connectivity index (χ0) is 20.6. The van der Waals surface area contributed by atoms with Gasteiger partial charge in [0.1, 0.15) is 11.5 Å². The summed E-state index contributed by atoms with van der Waals surface area (Å²) in [5.41, 5.74) is -1.25. The minimum Gasteiger partial charge on any atom is -0.287 e. The average Bonchev–Trinajstić information content (AvgIpc) is 3.17. The molecule has 29 heavy (non-hydrogen) atoms. The fourth-order valence-electron chi connectivity index (χ4n) is 2.74. The molecule has 0 aliphatic carbocycles. The SMILES string of the molecule is O=c1ccn(-c2cncc(C(F)(F)F)c2)nc1-c1ccnn1-c1ccccc1F. The second kappa shape index (κ2) is 6.97. The molecular formula is C19H11F4N5O. The van der Waals surface area contributed by atoms with E-state index in [4.69, 9.17) is 0 Å². The highest BCUT2D eigenvalue weighted by atomic mass is 19.4. The summed E-state index contributed by atoms with van der Waals surface area (Å²) in [6.07, 6.45) is -0.0992. The van der Waals surface area contributed by atoms with Crippen LogP contribution in [0, 0.1) is 5.82 Å². The van der Waals surface area contributed by atoms with Crippen LogP contribution >= 0.6 is 0 Å². The second-order valence-corrected chi connectivity index (χ2v) is 5.98. The van der Waals surface area contributed by atoms with Crippen LogP contribution < -0.4 is 5.43 Å². The van der Waals surface area contributed by atoms with Crippen LogP contribution in [0.1, 0.15) is 5.56 Å². The van der Waals surface area contributed by atoms with E-state index in [0.717, 1.165) is 16.8 Å². The Morgan fingerprint density at radius 2 is 1.79 bits per heavy atom. The van der Waals surface area contributed by atoms with Gasteiger partial charge in [-0.25, -0.2) is 13.8 Å². The fraction of sp³-hybridized carbons (Fsp3) is 0.0526. The lowest BCUT2D eigenvalue weighted by Crippen LogP contribution is -2.16. The predicted octanol–water partition coefficient (Wildman–Crippen LogP) is 3.64. The highest BCUT2D eigenvalue weighted by molar-refractivity contribution is 5.57. The van der Waals surface area contributed by atoms with Gasteiger partial charge < -0.3 is 0 Å². The van der Waals surface area contributed by atoms with E-state index in [-0.39, 0.29) is 22.8 Å². The highest BCUT2D eigenvalue weighted by Gasteiger charge is 2.31. The van der Waals surface area contributed by atoms with Crippen molar-refractivity contribution in [1.29, 1.82) is 0 Å². The molecule has 1 aromatic carbocycles. The van der Waals surface area contributed by atoms with Crippen LogP contribution in [0.15, 0.2) is 72.0 Å². The van der Waals surface area contributed by atoms with Crippen molar-refractivity contribution >= 4 is 0 Å². The Balaban J connectivity index is 1.84. The Morgan fingerprint density at radius 3 is 2.55 bits per heavy atom. The second-order valence-electron chi connectivity index (χ2n) is 5.98. The smallest absolute Gasteiger partial charge is 0.287 e. The topological polar surface area (TPSA) is 65.6 Å². The lowest BCUT2D eigenvalue weighted by atomic mass is 10.2. The number of alkyl halides is 3. The third kappa shape index (κ3) is 3.51. The van der Waals surface area contributed by atoms with E-state index >= 15 is 0 Å². The summed E-state index contributed by atoms with van der Waals surface area (Å²) in [6, 6.07) is 9.32. The van der Waals surface area contributed by atoms with Gasteiger partial charge in [0, 0.05) is 18.5 Å². The lowest BCUT2D eigenvalue weighted by Gasteiger charge is -2.11. The van der Waals surface area contributed by atoms with E-state index in [0.29, 0.717) is 6.20 Å². The molecule has 0 unspecified atom stereocenters. The maximum Gasteiger partial charge on any atom is 0.417 e. The first-order valence-corrected chi connectivity index (χ1v) is 8.26. The molecule has 0 atom stereocenters. The average molecular weight is 401 g/mol. The Labute approximate surface area is 160 Å². The van der Waals surface area contributed by atoms with E-state index in [1.54, 1.807) is 6.07 Å². The number of halogens is 4. The van der Waals surface area contributed by atoms with Gasteiger partial charge in [-0.1, -0.05) is 12.1 Å². The van der Waals surface area contributed by atoms with Crippen molar-refractivity contribution in [2.75, 3.05) is 0 Å². The van der Waals surface area contributed by atoms with Gasteiger partial charge in [0.05, 0.1) is 29.3 Å². The monoisotopic (exact) mass is 401 g/mol. The molecule has 0 N–H and O–H groups in total. The van der Waals surface area contributed by atoms with E-state index in [1.807, 2.05) is 0 Å².